The van der Waals surface area contributed by atoms with E-state index in [9.17, 15) is 25.2 Å². The molecule has 0 spiro atoms. The zero-order valence-corrected chi connectivity index (χ0v) is 32.7. The van der Waals surface area contributed by atoms with Gasteiger partial charge in [-0.1, -0.05) is 33.7 Å². The average molecular weight is 797 g/mol. The average Bonchev–Trinajstić information content (AvgIpc) is 3.16. The first-order chi connectivity index (χ1) is 26.6. The van der Waals surface area contributed by atoms with Crippen molar-refractivity contribution in [1.29, 1.82) is 0 Å². The van der Waals surface area contributed by atoms with E-state index in [0.717, 1.165) is 36.1 Å². The summed E-state index contributed by atoms with van der Waals surface area (Å²) in [5.74, 6) is 1.27. The van der Waals surface area contributed by atoms with E-state index in [4.69, 9.17) is 24.7 Å². The van der Waals surface area contributed by atoms with Gasteiger partial charge in [0.25, 0.3) is 0 Å². The number of rotatable bonds is 11. The zero-order chi connectivity index (χ0) is 38.8. The smallest absolute Gasteiger partial charge is 0.302 e. The number of nitrogens with two attached hydrogens (primary N) is 1. The van der Waals surface area contributed by atoms with E-state index in [1.807, 2.05) is 24.3 Å². The second kappa shape index (κ2) is 19.2. The van der Waals surface area contributed by atoms with Crippen molar-refractivity contribution in [1.82, 2.24) is 10.3 Å². The molecule has 6 atom stereocenters. The molecule has 298 valence electrons. The molecule has 4 bridgehead atoms. The van der Waals surface area contributed by atoms with Crippen molar-refractivity contribution in [3.63, 3.8) is 0 Å². The maximum Gasteiger partial charge on any atom is 0.302 e. The summed E-state index contributed by atoms with van der Waals surface area (Å²) in [5, 5.41) is 45.1. The van der Waals surface area contributed by atoms with Crippen LogP contribution in [0.4, 0.5) is 0 Å². The molecule has 1 saturated heterocycles. The van der Waals surface area contributed by atoms with Crippen molar-refractivity contribution in [2.24, 2.45) is 16.6 Å². The Morgan fingerprint density at radius 3 is 2.82 bits per heavy atom. The number of aromatic hydroxyl groups is 3. The molecule has 3 aliphatic rings. The number of hydrogen-bond donors (Lipinski definition) is 6. The first kappa shape index (κ1) is 40.6. The number of nitrogens with one attached hydrogen (secondary N) is 1. The van der Waals surface area contributed by atoms with Crippen LogP contribution in [0.2, 0.25) is 0 Å². The van der Waals surface area contributed by atoms with E-state index in [1.54, 1.807) is 46.1 Å². The Balaban J connectivity index is 1.25. The van der Waals surface area contributed by atoms with Crippen molar-refractivity contribution in [2.45, 2.75) is 94.7 Å². The predicted molar refractivity (Wildman–Crippen MR) is 213 cm³/mol. The Morgan fingerprint density at radius 2 is 2.02 bits per heavy atom. The van der Waals surface area contributed by atoms with Crippen molar-refractivity contribution in [3.05, 3.63) is 71.5 Å². The number of carbonyl (C=O) groups is 1. The lowest BCUT2D eigenvalue weighted by Gasteiger charge is -2.41. The maximum absolute atomic E-state index is 12.3. The maximum atomic E-state index is 12.3. The molecule has 15 heteroatoms. The van der Waals surface area contributed by atoms with Crippen LogP contribution in [-0.2, 0) is 27.1 Å². The zero-order valence-electron chi connectivity index (χ0n) is 31.1. The van der Waals surface area contributed by atoms with Crippen molar-refractivity contribution in [2.75, 3.05) is 31.3 Å². The number of ether oxygens (including phenoxy) is 4. The summed E-state index contributed by atoms with van der Waals surface area (Å²) in [5.41, 5.74) is 8.52. The molecule has 1 aliphatic carbocycles. The standard InChI is InChI=1S/C40H52N4O9S2/c1-25(46)51-31-19-34(28-17-33(48)38(49)37(18-28)50-14-9-26-5-3-11-42-22-26)53-35(20-31)29-15-27-7-8-32(47)36(16-27)52-30-6-2-10-40(21-30,24-55-54-23-29)44-39(41)43-12-4-13-45/h3,5,7-8,11,16-18,22,29-31,34-35,45,47-49H,2,4,6,9-10,12-15,19-21,23-24H2,1H3,(H3,41,43,44)/t29-,30+,31+,34-,35+,40+/m0/s1. The molecule has 3 aromatic rings. The number of aromatic nitrogens is 1. The van der Waals surface area contributed by atoms with Gasteiger partial charge in [-0.25, -0.2) is 0 Å². The van der Waals surface area contributed by atoms with E-state index in [1.165, 1.54) is 13.0 Å². The van der Waals surface area contributed by atoms with E-state index in [2.05, 4.69) is 15.3 Å². The second-order valence-electron chi connectivity index (χ2n) is 14.6. The number of phenols is 3. The highest BCUT2D eigenvalue weighted by Crippen LogP contribution is 2.45. The van der Waals surface area contributed by atoms with Gasteiger partial charge in [0, 0.05) is 69.7 Å². The third-order valence-electron chi connectivity index (χ3n) is 10.3. The number of esters is 1. The SMILES string of the molecule is CC(=O)O[C@@H]1C[C@@H](c2cc(O)c(O)c(OCCc3cccnc3)c2)O[C@@H]([C@@H]2CSSC[C@@]3(NC(N)=NCCCO)CCC[C@H](C3)Oc3cc(ccc3O)C2)C1. The van der Waals surface area contributed by atoms with Crippen molar-refractivity contribution < 1.29 is 44.2 Å². The summed E-state index contributed by atoms with van der Waals surface area (Å²) in [6.45, 7) is 2.12. The van der Waals surface area contributed by atoms with Crippen LogP contribution >= 0.6 is 21.6 Å². The topological polar surface area (TPSA) is 198 Å². The summed E-state index contributed by atoms with van der Waals surface area (Å²) >= 11 is 0. The molecule has 1 aromatic heterocycles. The van der Waals surface area contributed by atoms with Crippen LogP contribution in [0.5, 0.6) is 28.7 Å². The molecule has 1 saturated carbocycles. The number of benzene rings is 2. The molecular weight excluding hydrogens is 745 g/mol. The number of aliphatic imine (C=N–C) groups is 1. The van der Waals surface area contributed by atoms with Crippen LogP contribution in [0, 0.1) is 5.92 Å². The lowest BCUT2D eigenvalue weighted by Crippen LogP contribution is -2.57. The highest BCUT2D eigenvalue weighted by Gasteiger charge is 2.40. The molecule has 2 fully saturated rings. The van der Waals surface area contributed by atoms with Crippen LogP contribution < -0.4 is 20.5 Å². The number of aliphatic hydroxyl groups excluding tert-OH is 1. The van der Waals surface area contributed by atoms with Gasteiger partial charge < -0.3 is 50.4 Å². The van der Waals surface area contributed by atoms with Gasteiger partial charge in [0.1, 0.15) is 12.2 Å². The van der Waals surface area contributed by atoms with Crippen LogP contribution in [0.3, 0.4) is 0 Å². The monoisotopic (exact) mass is 796 g/mol. The van der Waals surface area contributed by atoms with Crippen LogP contribution in [-0.4, -0.2) is 92.5 Å². The summed E-state index contributed by atoms with van der Waals surface area (Å²) in [7, 11) is 3.50. The number of hydrogen-bond acceptors (Lipinski definition) is 13. The highest BCUT2D eigenvalue weighted by molar-refractivity contribution is 8.76. The summed E-state index contributed by atoms with van der Waals surface area (Å²) in [6, 6.07) is 12.4. The number of phenolic OH excluding ortho intramolecular Hbond substituents is 3. The van der Waals surface area contributed by atoms with Crippen molar-refractivity contribution in [3.8, 4) is 28.7 Å². The number of nitrogens with zero attached hydrogens (tertiary/aromatic N) is 2. The third kappa shape index (κ3) is 11.3. The highest BCUT2D eigenvalue weighted by atomic mass is 33.1. The van der Waals surface area contributed by atoms with E-state index >= 15 is 0 Å². The molecule has 13 nitrogen and oxygen atoms in total. The molecule has 2 aliphatic heterocycles. The minimum atomic E-state index is -0.573. The number of carbonyl (C=O) groups excluding carboxylic acids is 1. The van der Waals surface area contributed by atoms with Crippen molar-refractivity contribution >= 4 is 33.5 Å². The fraction of sp³-hybridized carbons (Fsp3) is 0.525. The van der Waals surface area contributed by atoms with Crippen LogP contribution in [0.15, 0.2) is 59.9 Å². The fourth-order valence-corrected chi connectivity index (χ4v) is 10.6. The van der Waals surface area contributed by atoms with Gasteiger partial charge in [-0.3, -0.25) is 14.8 Å². The van der Waals surface area contributed by atoms with Gasteiger partial charge in [-0.15, -0.1) is 0 Å². The number of guanidine groups is 1. The second-order valence-corrected chi connectivity index (χ2v) is 17.1. The normalized spacial score (nSPS) is 26.0. The van der Waals surface area contributed by atoms with Gasteiger partial charge in [0.15, 0.2) is 29.0 Å². The van der Waals surface area contributed by atoms with Gasteiger partial charge in [-0.05, 0) is 85.0 Å². The molecule has 55 heavy (non-hydrogen) atoms. The Labute approximate surface area is 329 Å². The van der Waals surface area contributed by atoms with Gasteiger partial charge >= 0.3 is 5.97 Å². The fourth-order valence-electron chi connectivity index (χ4n) is 7.62. The summed E-state index contributed by atoms with van der Waals surface area (Å²) in [6.07, 6.45) is 7.75. The van der Waals surface area contributed by atoms with Gasteiger partial charge in [0.2, 0.25) is 5.75 Å². The third-order valence-corrected chi connectivity index (χ3v) is 13.0. The lowest BCUT2D eigenvalue weighted by molar-refractivity contribution is -0.163. The molecular formula is C40H52N4O9S2. The minimum absolute atomic E-state index is 0.0431. The number of aliphatic hydroxyl groups is 1. The lowest BCUT2D eigenvalue weighted by atomic mass is 9.81. The summed E-state index contributed by atoms with van der Waals surface area (Å²) < 4.78 is 25.2. The van der Waals surface area contributed by atoms with Gasteiger partial charge in [0.05, 0.1) is 24.4 Å². The Bertz CT molecular complexity index is 1770. The van der Waals surface area contributed by atoms with Gasteiger partial charge in [-0.2, -0.15) is 0 Å². The molecule has 2 aromatic carbocycles. The van der Waals surface area contributed by atoms with E-state index < -0.39 is 17.7 Å². The largest absolute Gasteiger partial charge is 0.504 e. The minimum Gasteiger partial charge on any atom is -0.504 e. The summed E-state index contributed by atoms with van der Waals surface area (Å²) in [4.78, 5) is 20.9. The van der Waals surface area contributed by atoms with E-state index in [-0.39, 0.29) is 60.3 Å². The predicted octanol–water partition coefficient (Wildman–Crippen LogP) is 5.57. The quantitative estimate of drug-likeness (QED) is 0.0352. The van der Waals surface area contributed by atoms with Crippen LogP contribution in [0.25, 0.3) is 0 Å². The Morgan fingerprint density at radius 1 is 1.15 bits per heavy atom. The Kier molecular flexibility index (Phi) is 14.2. The van der Waals surface area contributed by atoms with E-state index in [0.29, 0.717) is 68.1 Å². The Hall–Kier alpha value is -4.05. The van der Waals surface area contributed by atoms with Crippen LogP contribution in [0.1, 0.15) is 74.7 Å². The molecule has 0 amide bonds. The molecule has 3 heterocycles. The number of fused-ring (bicyclic) bond motifs is 4. The first-order valence-corrected chi connectivity index (χ1v) is 21.4. The molecule has 0 radical (unpaired) electrons. The molecule has 0 unspecified atom stereocenters. The molecule has 6 rings (SSSR count). The first-order valence-electron chi connectivity index (χ1n) is 18.9. The number of pyridine rings is 1. The molecule has 7 N–H and O–H groups in total.